The third-order valence-electron chi connectivity index (χ3n) is 3.20. The molecular formula is C14H31IN4O2S. The molecule has 1 aliphatic rings. The summed E-state index contributed by atoms with van der Waals surface area (Å²) in [5.74, 6) is 1.97. The maximum atomic E-state index is 5.35. The molecule has 1 heterocycles. The van der Waals surface area contributed by atoms with Gasteiger partial charge in [-0.2, -0.15) is 11.8 Å². The van der Waals surface area contributed by atoms with Gasteiger partial charge in [0.1, 0.15) is 0 Å². The van der Waals surface area contributed by atoms with Gasteiger partial charge in [0.25, 0.3) is 0 Å². The van der Waals surface area contributed by atoms with Gasteiger partial charge in [0.15, 0.2) is 5.96 Å². The molecule has 0 radical (unpaired) electrons. The summed E-state index contributed by atoms with van der Waals surface area (Å²) in [5, 5.41) is 6.64. The van der Waals surface area contributed by atoms with Gasteiger partial charge in [-0.05, 0) is 12.7 Å². The quantitative estimate of drug-likeness (QED) is 0.225. The lowest BCUT2D eigenvalue weighted by atomic mass is 10.3. The van der Waals surface area contributed by atoms with Crippen LogP contribution in [-0.2, 0) is 9.47 Å². The van der Waals surface area contributed by atoms with Crippen LogP contribution in [0.4, 0.5) is 0 Å². The van der Waals surface area contributed by atoms with E-state index in [2.05, 4.69) is 26.8 Å². The number of nitrogens with one attached hydrogen (secondary N) is 2. The standard InChI is InChI=1S/C14H30N4O2S.HI/c1-19-10-5-16-14(17-6-13-21-2)15-4-3-7-18-8-11-20-12-9-18;/h3-13H2,1-2H3,(H2,15,16,17);1H. The highest BCUT2D eigenvalue weighted by Crippen LogP contribution is 1.98. The second-order valence-electron chi connectivity index (χ2n) is 4.88. The minimum atomic E-state index is 0. The monoisotopic (exact) mass is 446 g/mol. The van der Waals surface area contributed by atoms with E-state index >= 15 is 0 Å². The first-order chi connectivity index (χ1) is 10.4. The van der Waals surface area contributed by atoms with Crippen LogP contribution in [0.2, 0.25) is 0 Å². The highest BCUT2D eigenvalue weighted by atomic mass is 127. The third kappa shape index (κ3) is 11.8. The molecule has 6 nitrogen and oxygen atoms in total. The number of morpholine rings is 1. The van der Waals surface area contributed by atoms with E-state index in [0.29, 0.717) is 6.61 Å². The lowest BCUT2D eigenvalue weighted by Gasteiger charge is -2.26. The van der Waals surface area contributed by atoms with Crippen LogP contribution in [0.3, 0.4) is 0 Å². The van der Waals surface area contributed by atoms with Gasteiger partial charge in [-0.25, -0.2) is 0 Å². The lowest BCUT2D eigenvalue weighted by molar-refractivity contribution is 0.0377. The Labute approximate surface area is 156 Å². The smallest absolute Gasteiger partial charge is 0.191 e. The summed E-state index contributed by atoms with van der Waals surface area (Å²) in [6.45, 7) is 8.18. The molecule has 2 N–H and O–H groups in total. The van der Waals surface area contributed by atoms with Crippen LogP contribution in [0, 0.1) is 0 Å². The Balaban J connectivity index is 0.00000441. The van der Waals surface area contributed by atoms with Gasteiger partial charge in [0, 0.05) is 52.1 Å². The lowest BCUT2D eigenvalue weighted by Crippen LogP contribution is -2.40. The number of hydrogen-bond acceptors (Lipinski definition) is 5. The Hall–Kier alpha value is 0.230. The van der Waals surface area contributed by atoms with Crippen molar-refractivity contribution >= 4 is 41.7 Å². The van der Waals surface area contributed by atoms with Gasteiger partial charge < -0.3 is 20.1 Å². The van der Waals surface area contributed by atoms with E-state index in [0.717, 1.165) is 70.6 Å². The number of thioether (sulfide) groups is 1. The Morgan fingerprint density at radius 1 is 1.27 bits per heavy atom. The molecule has 1 aliphatic heterocycles. The second kappa shape index (κ2) is 16.1. The largest absolute Gasteiger partial charge is 0.383 e. The summed E-state index contributed by atoms with van der Waals surface area (Å²) >= 11 is 1.83. The molecule has 1 rings (SSSR count). The molecule has 0 spiro atoms. The highest BCUT2D eigenvalue weighted by Gasteiger charge is 2.08. The van der Waals surface area contributed by atoms with Crippen molar-refractivity contribution in [2.75, 3.05) is 78.2 Å². The van der Waals surface area contributed by atoms with Crippen molar-refractivity contribution in [2.45, 2.75) is 6.42 Å². The van der Waals surface area contributed by atoms with Crippen LogP contribution in [0.25, 0.3) is 0 Å². The number of hydrogen-bond donors (Lipinski definition) is 2. The van der Waals surface area contributed by atoms with Gasteiger partial charge in [-0.15, -0.1) is 24.0 Å². The fraction of sp³-hybridized carbons (Fsp3) is 0.929. The van der Waals surface area contributed by atoms with Gasteiger partial charge in [-0.1, -0.05) is 0 Å². The van der Waals surface area contributed by atoms with Gasteiger partial charge in [-0.3, -0.25) is 9.89 Å². The molecule has 0 amide bonds. The van der Waals surface area contributed by atoms with E-state index in [9.17, 15) is 0 Å². The molecule has 0 aromatic carbocycles. The van der Waals surface area contributed by atoms with Crippen LogP contribution < -0.4 is 10.6 Å². The van der Waals surface area contributed by atoms with Crippen molar-refractivity contribution in [3.8, 4) is 0 Å². The summed E-state index contributed by atoms with van der Waals surface area (Å²) in [6, 6.07) is 0. The van der Waals surface area contributed by atoms with Crippen molar-refractivity contribution in [1.82, 2.24) is 15.5 Å². The van der Waals surface area contributed by atoms with Crippen molar-refractivity contribution in [2.24, 2.45) is 4.99 Å². The summed E-state index contributed by atoms with van der Waals surface area (Å²) in [4.78, 5) is 7.07. The van der Waals surface area contributed by atoms with Crippen LogP contribution in [0.1, 0.15) is 6.42 Å². The molecule has 0 aliphatic carbocycles. The minimum Gasteiger partial charge on any atom is -0.383 e. The number of halogens is 1. The third-order valence-corrected chi connectivity index (χ3v) is 3.82. The topological polar surface area (TPSA) is 58.1 Å². The Morgan fingerprint density at radius 2 is 2.00 bits per heavy atom. The first-order valence-electron chi connectivity index (χ1n) is 7.67. The van der Waals surface area contributed by atoms with E-state index in [1.165, 1.54) is 0 Å². The summed E-state index contributed by atoms with van der Waals surface area (Å²) in [5.41, 5.74) is 0. The fourth-order valence-electron chi connectivity index (χ4n) is 2.03. The molecule has 8 heteroatoms. The Morgan fingerprint density at radius 3 is 2.68 bits per heavy atom. The fourth-order valence-corrected chi connectivity index (χ4v) is 2.33. The zero-order valence-corrected chi connectivity index (χ0v) is 17.0. The first-order valence-corrected chi connectivity index (χ1v) is 9.06. The molecule has 132 valence electrons. The number of guanidine groups is 1. The molecule has 0 atom stereocenters. The average molecular weight is 446 g/mol. The van der Waals surface area contributed by atoms with E-state index in [1.807, 2.05) is 11.8 Å². The number of ether oxygens (including phenoxy) is 2. The number of nitrogens with zero attached hydrogens (tertiary/aromatic N) is 2. The van der Waals surface area contributed by atoms with Crippen molar-refractivity contribution < 1.29 is 9.47 Å². The zero-order chi connectivity index (χ0) is 15.2. The van der Waals surface area contributed by atoms with E-state index < -0.39 is 0 Å². The highest BCUT2D eigenvalue weighted by molar-refractivity contribution is 14.0. The van der Waals surface area contributed by atoms with Gasteiger partial charge >= 0.3 is 0 Å². The molecule has 1 fully saturated rings. The number of methoxy groups -OCH3 is 1. The van der Waals surface area contributed by atoms with Crippen LogP contribution in [0.15, 0.2) is 4.99 Å². The predicted molar refractivity (Wildman–Crippen MR) is 106 cm³/mol. The van der Waals surface area contributed by atoms with Crippen molar-refractivity contribution in [1.29, 1.82) is 0 Å². The molecule has 22 heavy (non-hydrogen) atoms. The second-order valence-corrected chi connectivity index (χ2v) is 5.86. The van der Waals surface area contributed by atoms with Crippen LogP contribution in [-0.4, -0.2) is 89.1 Å². The Kier molecular flexibility index (Phi) is 16.3. The Bertz CT molecular complexity index is 268. The molecular weight excluding hydrogens is 415 g/mol. The number of aliphatic imine (C=N–C) groups is 1. The first kappa shape index (κ1) is 22.2. The van der Waals surface area contributed by atoms with Crippen LogP contribution in [0.5, 0.6) is 0 Å². The zero-order valence-electron chi connectivity index (χ0n) is 13.8. The predicted octanol–water partition coefficient (Wildman–Crippen LogP) is 0.871. The van der Waals surface area contributed by atoms with Crippen LogP contribution >= 0.6 is 35.7 Å². The maximum absolute atomic E-state index is 5.35. The van der Waals surface area contributed by atoms with Gasteiger partial charge in [0.2, 0.25) is 0 Å². The SMILES string of the molecule is COCCNC(=NCCCN1CCOCC1)NCCSC.I. The van der Waals surface area contributed by atoms with E-state index in [-0.39, 0.29) is 24.0 Å². The molecule has 0 aromatic heterocycles. The van der Waals surface area contributed by atoms with Crippen molar-refractivity contribution in [3.05, 3.63) is 0 Å². The maximum Gasteiger partial charge on any atom is 0.191 e. The molecule has 0 aromatic rings. The molecule has 0 unspecified atom stereocenters. The summed E-state index contributed by atoms with van der Waals surface area (Å²) < 4.78 is 10.4. The van der Waals surface area contributed by atoms with Gasteiger partial charge in [0.05, 0.1) is 19.8 Å². The average Bonchev–Trinajstić information content (AvgIpc) is 2.52. The summed E-state index contributed by atoms with van der Waals surface area (Å²) in [6.07, 6.45) is 3.19. The summed E-state index contributed by atoms with van der Waals surface area (Å²) in [7, 11) is 1.71. The molecule has 0 bridgehead atoms. The van der Waals surface area contributed by atoms with E-state index in [4.69, 9.17) is 9.47 Å². The number of rotatable bonds is 10. The normalized spacial score (nSPS) is 16.2. The molecule has 0 saturated carbocycles. The minimum absolute atomic E-state index is 0. The molecule has 1 saturated heterocycles. The van der Waals surface area contributed by atoms with Crippen molar-refractivity contribution in [3.63, 3.8) is 0 Å². The van der Waals surface area contributed by atoms with E-state index in [1.54, 1.807) is 7.11 Å².